The predicted octanol–water partition coefficient (Wildman–Crippen LogP) is 3.17. The molecule has 0 saturated carbocycles. The van der Waals surface area contributed by atoms with Crippen LogP contribution in [-0.4, -0.2) is 39.6 Å². The summed E-state index contributed by atoms with van der Waals surface area (Å²) in [7, 11) is 0. The molecule has 2 rings (SSSR count). The number of alkyl halides is 3. The van der Waals surface area contributed by atoms with Crippen LogP contribution in [0, 0.1) is 0 Å². The molecule has 1 heterocycles. The Balaban J connectivity index is 2.13. The largest absolute Gasteiger partial charge is 0.462 e. The van der Waals surface area contributed by atoms with Crippen LogP contribution in [-0.2, 0) is 24.0 Å². The Kier molecular flexibility index (Phi) is 7.81. The van der Waals surface area contributed by atoms with Gasteiger partial charge in [-0.15, -0.1) is 0 Å². The van der Waals surface area contributed by atoms with Crippen molar-refractivity contribution < 1.29 is 32.6 Å². The molecule has 2 amide bonds. The number of aliphatic hydroxyl groups excluding tert-OH is 1. The fourth-order valence-electron chi connectivity index (χ4n) is 2.53. The second-order valence-electron chi connectivity index (χ2n) is 6.38. The van der Waals surface area contributed by atoms with Crippen LogP contribution in [0.5, 0.6) is 0 Å². The lowest BCUT2D eigenvalue weighted by molar-refractivity contribution is -0.137. The van der Waals surface area contributed by atoms with E-state index in [9.17, 15) is 27.9 Å². The highest BCUT2D eigenvalue weighted by molar-refractivity contribution is 5.99. The molecule has 1 aromatic heterocycles. The zero-order chi connectivity index (χ0) is 22.3. The maximum atomic E-state index is 12.8. The topological polar surface area (TPSA) is 105 Å². The lowest BCUT2D eigenvalue weighted by atomic mass is 10.1. The van der Waals surface area contributed by atoms with Gasteiger partial charge in [0, 0.05) is 6.54 Å². The van der Waals surface area contributed by atoms with Crippen LogP contribution in [0.2, 0.25) is 0 Å². The van der Waals surface area contributed by atoms with Gasteiger partial charge in [-0.1, -0.05) is 19.1 Å². The first-order valence-corrected chi connectivity index (χ1v) is 9.27. The molecule has 0 spiro atoms. The van der Waals surface area contributed by atoms with E-state index in [1.807, 2.05) is 0 Å². The summed E-state index contributed by atoms with van der Waals surface area (Å²) in [5, 5.41) is 18.8. The van der Waals surface area contributed by atoms with Gasteiger partial charge in [-0.25, -0.2) is 14.3 Å². The van der Waals surface area contributed by atoms with Crippen LogP contribution in [0.1, 0.15) is 41.8 Å². The normalized spacial score (nSPS) is 12.3. The molecule has 164 valence electrons. The first kappa shape index (κ1) is 23.2. The number of esters is 1. The number of carbonyl (C=O) groups excluding carboxylic acids is 2. The molecule has 2 aromatic rings. The van der Waals surface area contributed by atoms with Gasteiger partial charge in [0.25, 0.3) is 0 Å². The van der Waals surface area contributed by atoms with Crippen molar-refractivity contribution >= 4 is 17.8 Å². The first-order chi connectivity index (χ1) is 14.2. The van der Waals surface area contributed by atoms with Crippen LogP contribution < -0.4 is 10.6 Å². The minimum Gasteiger partial charge on any atom is -0.462 e. The summed E-state index contributed by atoms with van der Waals surface area (Å²) in [5.74, 6) is -0.689. The molecule has 0 aliphatic carbocycles. The molecule has 0 aliphatic heterocycles. The van der Waals surface area contributed by atoms with Gasteiger partial charge in [0.2, 0.25) is 0 Å². The third kappa shape index (κ3) is 6.21. The van der Waals surface area contributed by atoms with Crippen molar-refractivity contribution in [3.8, 4) is 0 Å². The van der Waals surface area contributed by atoms with Crippen LogP contribution in [0.4, 0.5) is 23.8 Å². The summed E-state index contributed by atoms with van der Waals surface area (Å²) in [5.41, 5.74) is -0.576. The third-order valence-electron chi connectivity index (χ3n) is 4.13. The molecule has 8 nitrogen and oxygen atoms in total. The second-order valence-corrected chi connectivity index (χ2v) is 6.38. The molecule has 30 heavy (non-hydrogen) atoms. The van der Waals surface area contributed by atoms with Gasteiger partial charge >= 0.3 is 18.2 Å². The fourth-order valence-corrected chi connectivity index (χ4v) is 2.53. The summed E-state index contributed by atoms with van der Waals surface area (Å²) in [4.78, 5) is 24.4. The van der Waals surface area contributed by atoms with E-state index >= 15 is 0 Å². The number of amides is 2. The van der Waals surface area contributed by atoms with Crippen molar-refractivity contribution in [1.29, 1.82) is 0 Å². The second kappa shape index (κ2) is 10.1. The van der Waals surface area contributed by atoms with Gasteiger partial charge in [-0.2, -0.15) is 18.3 Å². The minimum absolute atomic E-state index is 0.00521. The summed E-state index contributed by atoms with van der Waals surface area (Å²) >= 11 is 0. The maximum Gasteiger partial charge on any atom is 0.416 e. The Hall–Kier alpha value is -3.08. The number of aliphatic hydroxyl groups is 1. The molecule has 0 aliphatic rings. The van der Waals surface area contributed by atoms with E-state index in [2.05, 4.69) is 15.7 Å². The SMILES string of the molecule is CCOC(=O)c1cnn(CC(O)CC)c1NC(=O)NCc1cccc(C(F)(F)F)c1. The van der Waals surface area contributed by atoms with Gasteiger partial charge in [0.1, 0.15) is 11.4 Å². The van der Waals surface area contributed by atoms with Gasteiger partial charge in [-0.3, -0.25) is 5.32 Å². The van der Waals surface area contributed by atoms with Crippen molar-refractivity contribution in [2.75, 3.05) is 11.9 Å². The smallest absolute Gasteiger partial charge is 0.416 e. The standard InChI is InChI=1S/C19H23F3N4O4/c1-3-14(27)11-26-16(15(10-24-26)17(28)30-4-2)25-18(29)23-9-12-6-5-7-13(8-12)19(20,21)22/h5-8,10,14,27H,3-4,9,11H2,1-2H3,(H2,23,25,29). The van der Waals surface area contributed by atoms with E-state index in [1.54, 1.807) is 13.8 Å². The van der Waals surface area contributed by atoms with Gasteiger partial charge in [0.15, 0.2) is 0 Å². The monoisotopic (exact) mass is 428 g/mol. The van der Waals surface area contributed by atoms with E-state index < -0.39 is 29.8 Å². The number of hydrogen-bond donors (Lipinski definition) is 3. The Morgan fingerprint density at radius 1 is 1.30 bits per heavy atom. The highest BCUT2D eigenvalue weighted by Crippen LogP contribution is 2.29. The minimum atomic E-state index is -4.49. The first-order valence-electron chi connectivity index (χ1n) is 9.27. The summed E-state index contributed by atoms with van der Waals surface area (Å²) < 4.78 is 44.6. The van der Waals surface area contributed by atoms with Gasteiger partial charge in [-0.05, 0) is 31.0 Å². The molecule has 11 heteroatoms. The lowest BCUT2D eigenvalue weighted by Crippen LogP contribution is -2.31. The van der Waals surface area contributed by atoms with Gasteiger partial charge in [0.05, 0.1) is 31.0 Å². The van der Waals surface area contributed by atoms with Crippen LogP contribution in [0.3, 0.4) is 0 Å². The van der Waals surface area contributed by atoms with Crippen molar-refractivity contribution in [1.82, 2.24) is 15.1 Å². The average Bonchev–Trinajstić information content (AvgIpc) is 3.08. The molecule has 1 unspecified atom stereocenters. The quantitative estimate of drug-likeness (QED) is 0.560. The number of nitrogens with zero attached hydrogens (tertiary/aromatic N) is 2. The van der Waals surface area contributed by atoms with E-state index in [4.69, 9.17) is 4.74 Å². The summed E-state index contributed by atoms with van der Waals surface area (Å²) in [6, 6.07) is 3.81. The Morgan fingerprint density at radius 3 is 2.67 bits per heavy atom. The summed E-state index contributed by atoms with van der Waals surface area (Å²) in [6.45, 7) is 3.35. The zero-order valence-corrected chi connectivity index (χ0v) is 16.5. The van der Waals surface area contributed by atoms with Crippen molar-refractivity contribution in [3.05, 3.63) is 47.2 Å². The number of hydrogen-bond acceptors (Lipinski definition) is 5. The molecular formula is C19H23F3N4O4. The Labute approximate surface area is 171 Å². The van der Waals surface area contributed by atoms with E-state index in [-0.39, 0.29) is 36.6 Å². The molecule has 0 bridgehead atoms. The van der Waals surface area contributed by atoms with Crippen LogP contribution >= 0.6 is 0 Å². The van der Waals surface area contributed by atoms with Crippen LogP contribution in [0.15, 0.2) is 30.5 Å². The molecule has 1 atom stereocenters. The fraction of sp³-hybridized carbons (Fsp3) is 0.421. The number of nitrogens with one attached hydrogen (secondary N) is 2. The number of urea groups is 1. The van der Waals surface area contributed by atoms with Crippen LogP contribution in [0.25, 0.3) is 0 Å². The molecule has 0 radical (unpaired) electrons. The number of carbonyl (C=O) groups is 2. The maximum absolute atomic E-state index is 12.8. The van der Waals surface area contributed by atoms with E-state index in [0.29, 0.717) is 6.42 Å². The molecule has 1 aromatic carbocycles. The number of anilines is 1. The number of aromatic nitrogens is 2. The summed E-state index contributed by atoms with van der Waals surface area (Å²) in [6.07, 6.45) is -3.61. The molecule has 0 fully saturated rings. The zero-order valence-electron chi connectivity index (χ0n) is 16.5. The Bertz CT molecular complexity index is 883. The lowest BCUT2D eigenvalue weighted by Gasteiger charge is -2.14. The predicted molar refractivity (Wildman–Crippen MR) is 102 cm³/mol. The molecule has 3 N–H and O–H groups in total. The molecular weight excluding hydrogens is 405 g/mol. The number of halogens is 3. The van der Waals surface area contributed by atoms with E-state index in [0.717, 1.165) is 12.1 Å². The van der Waals surface area contributed by atoms with E-state index in [1.165, 1.54) is 23.0 Å². The van der Waals surface area contributed by atoms with Gasteiger partial charge < -0.3 is 15.2 Å². The average molecular weight is 428 g/mol. The third-order valence-corrected chi connectivity index (χ3v) is 4.13. The Morgan fingerprint density at radius 2 is 2.03 bits per heavy atom. The molecule has 0 saturated heterocycles. The highest BCUT2D eigenvalue weighted by atomic mass is 19.4. The van der Waals surface area contributed by atoms with Crippen molar-refractivity contribution in [2.45, 2.75) is 45.6 Å². The highest BCUT2D eigenvalue weighted by Gasteiger charge is 2.30. The number of rotatable bonds is 8. The van der Waals surface area contributed by atoms with Crippen molar-refractivity contribution in [2.24, 2.45) is 0 Å². The number of ether oxygens (including phenoxy) is 1. The number of benzene rings is 1. The van der Waals surface area contributed by atoms with Crippen molar-refractivity contribution in [3.63, 3.8) is 0 Å².